The van der Waals surface area contributed by atoms with E-state index in [9.17, 15) is 4.79 Å². The molecule has 0 radical (unpaired) electrons. The number of nitrogens with zero attached hydrogens (tertiary/aromatic N) is 1. The first-order chi connectivity index (χ1) is 12.4. The zero-order chi connectivity index (χ0) is 18.9. The van der Waals surface area contributed by atoms with Gasteiger partial charge >= 0.3 is 0 Å². The van der Waals surface area contributed by atoms with E-state index < -0.39 is 0 Å². The third-order valence-electron chi connectivity index (χ3n) is 5.61. The summed E-state index contributed by atoms with van der Waals surface area (Å²) in [6, 6.07) is 6.04. The van der Waals surface area contributed by atoms with Gasteiger partial charge in [0.2, 0.25) is 5.91 Å². The summed E-state index contributed by atoms with van der Waals surface area (Å²) < 4.78 is 16.6. The van der Waals surface area contributed by atoms with Crippen molar-refractivity contribution in [2.24, 2.45) is 5.92 Å². The van der Waals surface area contributed by atoms with Crippen molar-refractivity contribution in [2.75, 3.05) is 27.4 Å². The van der Waals surface area contributed by atoms with Crippen LogP contribution in [0.4, 0.5) is 0 Å². The average Bonchev–Trinajstić information content (AvgIpc) is 3.46. The second-order valence-electron chi connectivity index (χ2n) is 8.20. The highest BCUT2D eigenvalue weighted by molar-refractivity contribution is 5.78. The Labute approximate surface area is 156 Å². The van der Waals surface area contributed by atoms with Crippen LogP contribution in [0.3, 0.4) is 0 Å². The van der Waals surface area contributed by atoms with Crippen LogP contribution >= 0.6 is 0 Å². The molecule has 1 saturated heterocycles. The number of hydrogen-bond acceptors (Lipinski definition) is 4. The van der Waals surface area contributed by atoms with Gasteiger partial charge in [0.05, 0.1) is 32.5 Å². The summed E-state index contributed by atoms with van der Waals surface area (Å²) in [6.45, 7) is 7.44. The molecule has 3 rings (SSSR count). The summed E-state index contributed by atoms with van der Waals surface area (Å²) in [5.41, 5.74) is 0.910. The fourth-order valence-electron chi connectivity index (χ4n) is 3.86. The maximum Gasteiger partial charge on any atom is 0.223 e. The monoisotopic (exact) mass is 361 g/mol. The van der Waals surface area contributed by atoms with E-state index in [0.29, 0.717) is 25.5 Å². The van der Waals surface area contributed by atoms with Crippen molar-refractivity contribution in [1.29, 1.82) is 0 Å². The zero-order valence-electron chi connectivity index (χ0n) is 16.6. The lowest BCUT2D eigenvalue weighted by Gasteiger charge is -2.45. The smallest absolute Gasteiger partial charge is 0.223 e. The molecule has 2 atom stereocenters. The van der Waals surface area contributed by atoms with Gasteiger partial charge < -0.3 is 19.1 Å². The second kappa shape index (κ2) is 7.47. The van der Waals surface area contributed by atoms with E-state index in [1.807, 2.05) is 24.0 Å². The Kier molecular flexibility index (Phi) is 5.47. The van der Waals surface area contributed by atoms with Crippen LogP contribution < -0.4 is 9.47 Å². The highest BCUT2D eigenvalue weighted by Gasteiger charge is 2.40. The predicted molar refractivity (Wildman–Crippen MR) is 101 cm³/mol. The molecule has 1 aromatic rings. The number of hydrogen-bond donors (Lipinski definition) is 0. The summed E-state index contributed by atoms with van der Waals surface area (Å²) in [5, 5.41) is 0. The molecule has 1 aliphatic carbocycles. The molecule has 0 spiro atoms. The van der Waals surface area contributed by atoms with Crippen molar-refractivity contribution >= 4 is 5.91 Å². The molecule has 1 heterocycles. The Hall–Kier alpha value is -1.75. The summed E-state index contributed by atoms with van der Waals surface area (Å²) in [6.07, 6.45) is 3.01. The van der Waals surface area contributed by atoms with Crippen LogP contribution in [0, 0.1) is 5.92 Å². The Balaban J connectivity index is 1.80. The van der Waals surface area contributed by atoms with E-state index >= 15 is 0 Å². The van der Waals surface area contributed by atoms with E-state index in [4.69, 9.17) is 14.2 Å². The Morgan fingerprint density at radius 1 is 1.27 bits per heavy atom. The average molecular weight is 361 g/mol. The summed E-state index contributed by atoms with van der Waals surface area (Å²) >= 11 is 0. The van der Waals surface area contributed by atoms with E-state index in [2.05, 4.69) is 19.9 Å². The summed E-state index contributed by atoms with van der Waals surface area (Å²) in [5.74, 6) is 2.48. The standard InChI is InChI=1S/C21H31NO4/c1-14-12-22(21(2,3)13-26-14)20(23)11-17(15-6-7-15)16-8-9-18(24-4)19(10-16)25-5/h8-10,14-15,17H,6-7,11-13H2,1-5H3. The van der Waals surface area contributed by atoms with Gasteiger partial charge in [-0.05, 0) is 63.1 Å². The largest absolute Gasteiger partial charge is 0.493 e. The zero-order valence-corrected chi connectivity index (χ0v) is 16.6. The van der Waals surface area contributed by atoms with Crippen molar-refractivity contribution in [2.45, 2.75) is 57.6 Å². The Morgan fingerprint density at radius 2 is 1.96 bits per heavy atom. The maximum absolute atomic E-state index is 13.2. The number of benzene rings is 1. The molecular formula is C21H31NO4. The maximum atomic E-state index is 13.2. The van der Waals surface area contributed by atoms with Crippen molar-refractivity contribution in [1.82, 2.24) is 4.90 Å². The lowest BCUT2D eigenvalue weighted by Crippen LogP contribution is -2.58. The van der Waals surface area contributed by atoms with E-state index in [1.165, 1.54) is 12.8 Å². The minimum absolute atomic E-state index is 0.0902. The van der Waals surface area contributed by atoms with Gasteiger partial charge in [0.15, 0.2) is 11.5 Å². The lowest BCUT2D eigenvalue weighted by molar-refractivity contribution is -0.153. The molecule has 0 aromatic heterocycles. The van der Waals surface area contributed by atoms with Gasteiger partial charge in [-0.3, -0.25) is 4.79 Å². The Bertz CT molecular complexity index is 653. The van der Waals surface area contributed by atoms with Gasteiger partial charge in [-0.15, -0.1) is 0 Å². The molecule has 26 heavy (non-hydrogen) atoms. The predicted octanol–water partition coefficient (Wildman–Crippen LogP) is 3.61. The van der Waals surface area contributed by atoms with Crippen LogP contribution in [0.15, 0.2) is 18.2 Å². The first kappa shape index (κ1) is 19.0. The Morgan fingerprint density at radius 3 is 2.58 bits per heavy atom. The molecule has 2 fully saturated rings. The van der Waals surface area contributed by atoms with Gasteiger partial charge in [-0.2, -0.15) is 0 Å². The van der Waals surface area contributed by atoms with Crippen LogP contribution in [0.1, 0.15) is 51.5 Å². The molecule has 1 aliphatic heterocycles. The fraction of sp³-hybridized carbons (Fsp3) is 0.667. The SMILES string of the molecule is COc1ccc(C(CC(=O)N2CC(C)OCC2(C)C)C2CC2)cc1OC. The van der Waals surface area contributed by atoms with Crippen molar-refractivity contribution in [3.05, 3.63) is 23.8 Å². The fourth-order valence-corrected chi connectivity index (χ4v) is 3.86. The summed E-state index contributed by atoms with van der Waals surface area (Å²) in [4.78, 5) is 15.2. The lowest BCUT2D eigenvalue weighted by atomic mass is 9.89. The third kappa shape index (κ3) is 3.98. The molecule has 1 aromatic carbocycles. The molecule has 2 unspecified atom stereocenters. The normalized spacial score (nSPS) is 23.4. The molecule has 144 valence electrons. The molecule has 0 bridgehead atoms. The van der Waals surface area contributed by atoms with Gasteiger partial charge in [0.25, 0.3) is 0 Å². The molecule has 5 heteroatoms. The van der Waals surface area contributed by atoms with Gasteiger partial charge in [0.1, 0.15) is 0 Å². The molecule has 0 N–H and O–H groups in total. The highest BCUT2D eigenvalue weighted by Crippen LogP contribution is 2.46. The number of carbonyl (C=O) groups is 1. The van der Waals surface area contributed by atoms with Crippen molar-refractivity contribution < 1.29 is 19.0 Å². The number of carbonyl (C=O) groups excluding carboxylic acids is 1. The highest BCUT2D eigenvalue weighted by atomic mass is 16.5. The van der Waals surface area contributed by atoms with E-state index in [-0.39, 0.29) is 23.5 Å². The number of morpholine rings is 1. The molecular weight excluding hydrogens is 330 g/mol. The van der Waals surface area contributed by atoms with Crippen LogP contribution in [-0.4, -0.2) is 49.8 Å². The number of methoxy groups -OCH3 is 2. The second-order valence-corrected chi connectivity index (χ2v) is 8.20. The molecule has 5 nitrogen and oxygen atoms in total. The quantitative estimate of drug-likeness (QED) is 0.777. The van der Waals surface area contributed by atoms with Crippen LogP contribution in [-0.2, 0) is 9.53 Å². The van der Waals surface area contributed by atoms with Crippen molar-refractivity contribution in [3.63, 3.8) is 0 Å². The van der Waals surface area contributed by atoms with E-state index in [0.717, 1.165) is 17.1 Å². The van der Waals surface area contributed by atoms with Crippen molar-refractivity contribution in [3.8, 4) is 11.5 Å². The number of amides is 1. The van der Waals surface area contributed by atoms with Crippen LogP contribution in [0.25, 0.3) is 0 Å². The minimum Gasteiger partial charge on any atom is -0.493 e. The molecule has 1 saturated carbocycles. The number of ether oxygens (including phenoxy) is 3. The van der Waals surface area contributed by atoms with Gasteiger partial charge in [-0.1, -0.05) is 6.07 Å². The third-order valence-corrected chi connectivity index (χ3v) is 5.61. The summed E-state index contributed by atoms with van der Waals surface area (Å²) in [7, 11) is 3.29. The van der Waals surface area contributed by atoms with E-state index in [1.54, 1.807) is 14.2 Å². The topological polar surface area (TPSA) is 48.0 Å². The van der Waals surface area contributed by atoms with Crippen LogP contribution in [0.2, 0.25) is 0 Å². The number of rotatable bonds is 6. The minimum atomic E-state index is -0.255. The van der Waals surface area contributed by atoms with Gasteiger partial charge in [0, 0.05) is 13.0 Å². The molecule has 2 aliphatic rings. The van der Waals surface area contributed by atoms with Gasteiger partial charge in [-0.25, -0.2) is 0 Å². The first-order valence-corrected chi connectivity index (χ1v) is 9.49. The first-order valence-electron chi connectivity index (χ1n) is 9.49. The molecule has 1 amide bonds. The van der Waals surface area contributed by atoms with Crippen LogP contribution in [0.5, 0.6) is 11.5 Å².